The van der Waals surface area contributed by atoms with Crippen LogP contribution in [-0.4, -0.2) is 23.5 Å². The Bertz CT molecular complexity index is 715. The number of amides is 1. The molecule has 1 unspecified atom stereocenters. The van der Waals surface area contributed by atoms with E-state index in [9.17, 15) is 19.1 Å². The van der Waals surface area contributed by atoms with Gasteiger partial charge in [0, 0.05) is 13.0 Å². The summed E-state index contributed by atoms with van der Waals surface area (Å²) in [6.45, 7) is 1.83. The van der Waals surface area contributed by atoms with Crippen LogP contribution in [0.5, 0.6) is 0 Å². The van der Waals surface area contributed by atoms with Crippen LogP contribution in [0.15, 0.2) is 54.6 Å². The van der Waals surface area contributed by atoms with Crippen LogP contribution < -0.4 is 5.32 Å². The van der Waals surface area contributed by atoms with E-state index in [2.05, 4.69) is 5.32 Å². The van der Waals surface area contributed by atoms with Crippen LogP contribution in [0.25, 0.3) is 0 Å². The fourth-order valence-electron chi connectivity index (χ4n) is 2.79. The number of carboxylic acids is 1. The van der Waals surface area contributed by atoms with Gasteiger partial charge in [-0.25, -0.2) is 4.39 Å². The van der Waals surface area contributed by atoms with Crippen LogP contribution in [0.4, 0.5) is 4.39 Å². The van der Waals surface area contributed by atoms with Crippen LogP contribution >= 0.6 is 0 Å². The van der Waals surface area contributed by atoms with Crippen LogP contribution in [0.2, 0.25) is 0 Å². The molecule has 2 N–H and O–H groups in total. The number of carbonyl (C=O) groups excluding carboxylic acids is 1. The molecule has 2 aromatic rings. The maximum Gasteiger partial charge on any atom is 0.315 e. The fourth-order valence-corrected chi connectivity index (χ4v) is 2.79. The first-order valence-corrected chi connectivity index (χ1v) is 8.28. The number of benzene rings is 2. The summed E-state index contributed by atoms with van der Waals surface area (Å²) in [5.74, 6) is -1.50. The second kappa shape index (κ2) is 8.42. The van der Waals surface area contributed by atoms with Gasteiger partial charge >= 0.3 is 5.97 Å². The van der Waals surface area contributed by atoms with E-state index in [1.54, 1.807) is 43.3 Å². The van der Waals surface area contributed by atoms with Gasteiger partial charge in [-0.05, 0) is 36.1 Å². The van der Waals surface area contributed by atoms with Gasteiger partial charge in [-0.3, -0.25) is 9.59 Å². The molecule has 2 aromatic carbocycles. The predicted molar refractivity (Wildman–Crippen MR) is 93.8 cm³/mol. The Morgan fingerprint density at radius 1 is 1.08 bits per heavy atom. The van der Waals surface area contributed by atoms with Gasteiger partial charge < -0.3 is 10.4 Å². The molecule has 0 aliphatic heterocycles. The van der Waals surface area contributed by atoms with Crippen molar-refractivity contribution in [3.8, 4) is 0 Å². The van der Waals surface area contributed by atoms with Crippen LogP contribution in [0.3, 0.4) is 0 Å². The van der Waals surface area contributed by atoms with Gasteiger partial charge in [0.2, 0.25) is 5.91 Å². The number of halogens is 1. The maximum atomic E-state index is 12.9. The van der Waals surface area contributed by atoms with Crippen molar-refractivity contribution in [3.63, 3.8) is 0 Å². The van der Waals surface area contributed by atoms with Crippen molar-refractivity contribution in [1.82, 2.24) is 5.32 Å². The summed E-state index contributed by atoms with van der Waals surface area (Å²) < 4.78 is 12.9. The van der Waals surface area contributed by atoms with Crippen molar-refractivity contribution in [3.05, 3.63) is 71.5 Å². The standard InChI is InChI=1S/C20H22FNO3/c1-2-20(19(24)25,16-6-4-3-5-7-16)14-22-18(23)13-10-15-8-11-17(21)12-9-15/h3-9,11-12H,2,10,13-14H2,1H3,(H,22,23)(H,24,25). The zero-order valence-electron chi connectivity index (χ0n) is 14.2. The molecule has 0 heterocycles. The minimum Gasteiger partial charge on any atom is -0.481 e. The first kappa shape index (κ1) is 18.6. The third-order valence-electron chi connectivity index (χ3n) is 4.48. The zero-order valence-corrected chi connectivity index (χ0v) is 14.2. The summed E-state index contributed by atoms with van der Waals surface area (Å²) in [4.78, 5) is 24.0. The number of rotatable bonds is 8. The highest BCUT2D eigenvalue weighted by Crippen LogP contribution is 2.27. The number of carboxylic acid groups (broad SMARTS) is 1. The molecule has 5 heteroatoms. The average molecular weight is 343 g/mol. The lowest BCUT2D eigenvalue weighted by Gasteiger charge is -2.29. The molecule has 1 amide bonds. The van der Waals surface area contributed by atoms with Crippen molar-refractivity contribution >= 4 is 11.9 Å². The highest BCUT2D eigenvalue weighted by molar-refractivity contribution is 5.83. The lowest BCUT2D eigenvalue weighted by atomic mass is 9.78. The van der Waals surface area contributed by atoms with Crippen LogP contribution in [0, 0.1) is 5.82 Å². The molecule has 25 heavy (non-hydrogen) atoms. The first-order chi connectivity index (χ1) is 12.0. The van der Waals surface area contributed by atoms with Crippen molar-refractivity contribution in [2.45, 2.75) is 31.6 Å². The molecular weight excluding hydrogens is 321 g/mol. The molecule has 0 aliphatic rings. The minimum atomic E-state index is -1.15. The maximum absolute atomic E-state index is 12.9. The molecule has 1 atom stereocenters. The number of nitrogens with one attached hydrogen (secondary N) is 1. The van der Waals surface area contributed by atoms with Crippen LogP contribution in [0.1, 0.15) is 30.9 Å². The molecule has 0 spiro atoms. The van der Waals surface area contributed by atoms with Gasteiger partial charge in [0.15, 0.2) is 0 Å². The molecule has 0 saturated heterocycles. The Kier molecular flexibility index (Phi) is 6.28. The summed E-state index contributed by atoms with van der Waals surface area (Å²) in [5.41, 5.74) is 0.385. The second-order valence-corrected chi connectivity index (χ2v) is 6.01. The number of hydrogen-bond donors (Lipinski definition) is 2. The number of hydrogen-bond acceptors (Lipinski definition) is 2. The van der Waals surface area contributed by atoms with E-state index in [0.29, 0.717) is 18.4 Å². The number of carbonyl (C=O) groups is 2. The predicted octanol–water partition coefficient (Wildman–Crippen LogP) is 3.31. The van der Waals surface area contributed by atoms with E-state index < -0.39 is 11.4 Å². The zero-order chi connectivity index (χ0) is 18.3. The van der Waals surface area contributed by atoms with Crippen molar-refractivity contribution in [2.24, 2.45) is 0 Å². The summed E-state index contributed by atoms with van der Waals surface area (Å²) >= 11 is 0. The molecular formula is C20H22FNO3. The Balaban J connectivity index is 1.99. The van der Waals surface area contributed by atoms with E-state index in [4.69, 9.17) is 0 Å². The van der Waals surface area contributed by atoms with E-state index in [1.165, 1.54) is 12.1 Å². The minimum absolute atomic E-state index is 0.0328. The highest BCUT2D eigenvalue weighted by Gasteiger charge is 2.38. The van der Waals surface area contributed by atoms with Gasteiger partial charge in [0.1, 0.15) is 11.2 Å². The smallest absolute Gasteiger partial charge is 0.315 e. The Morgan fingerprint density at radius 3 is 2.28 bits per heavy atom. The Morgan fingerprint density at radius 2 is 1.72 bits per heavy atom. The summed E-state index contributed by atoms with van der Waals surface area (Å²) in [7, 11) is 0. The molecule has 132 valence electrons. The molecule has 0 aromatic heterocycles. The quantitative estimate of drug-likeness (QED) is 0.773. The van der Waals surface area contributed by atoms with Crippen LogP contribution in [-0.2, 0) is 21.4 Å². The molecule has 0 fully saturated rings. The van der Waals surface area contributed by atoms with Gasteiger partial charge in [-0.15, -0.1) is 0 Å². The van der Waals surface area contributed by atoms with E-state index in [-0.39, 0.29) is 24.7 Å². The van der Waals surface area contributed by atoms with Gasteiger partial charge in [0.05, 0.1) is 0 Å². The fraction of sp³-hybridized carbons (Fsp3) is 0.300. The SMILES string of the molecule is CCC(CNC(=O)CCc1ccc(F)cc1)(C(=O)O)c1ccccc1. The summed E-state index contributed by atoms with van der Waals surface area (Å²) in [5, 5.41) is 12.5. The third kappa shape index (κ3) is 4.66. The van der Waals surface area contributed by atoms with Crippen molar-refractivity contribution < 1.29 is 19.1 Å². The molecule has 0 radical (unpaired) electrons. The molecule has 2 rings (SSSR count). The number of aliphatic carboxylic acids is 1. The largest absolute Gasteiger partial charge is 0.481 e. The number of aryl methyl sites for hydroxylation is 1. The molecule has 4 nitrogen and oxygen atoms in total. The van der Waals surface area contributed by atoms with Crippen molar-refractivity contribution in [2.75, 3.05) is 6.54 Å². The van der Waals surface area contributed by atoms with E-state index in [0.717, 1.165) is 5.56 Å². The topological polar surface area (TPSA) is 66.4 Å². The third-order valence-corrected chi connectivity index (χ3v) is 4.48. The van der Waals surface area contributed by atoms with Gasteiger partial charge in [-0.2, -0.15) is 0 Å². The monoisotopic (exact) mass is 343 g/mol. The first-order valence-electron chi connectivity index (χ1n) is 8.28. The lowest BCUT2D eigenvalue weighted by molar-refractivity contribution is -0.144. The molecule has 0 bridgehead atoms. The average Bonchev–Trinajstić information content (AvgIpc) is 2.63. The highest BCUT2D eigenvalue weighted by atomic mass is 19.1. The Labute approximate surface area is 146 Å². The summed E-state index contributed by atoms with van der Waals surface area (Å²) in [6.07, 6.45) is 1.06. The van der Waals surface area contributed by atoms with E-state index >= 15 is 0 Å². The van der Waals surface area contributed by atoms with E-state index in [1.807, 2.05) is 6.07 Å². The molecule has 0 aliphatic carbocycles. The normalized spacial score (nSPS) is 13.0. The second-order valence-electron chi connectivity index (χ2n) is 6.01. The van der Waals surface area contributed by atoms with Gasteiger partial charge in [-0.1, -0.05) is 49.4 Å². The van der Waals surface area contributed by atoms with Gasteiger partial charge in [0.25, 0.3) is 0 Å². The Hall–Kier alpha value is -2.69. The summed E-state index contributed by atoms with van der Waals surface area (Å²) in [6, 6.07) is 14.9. The van der Waals surface area contributed by atoms with Crippen molar-refractivity contribution in [1.29, 1.82) is 0 Å². The molecule has 0 saturated carbocycles. The lowest BCUT2D eigenvalue weighted by Crippen LogP contribution is -2.46.